The average Bonchev–Trinajstić information content (AvgIpc) is 3.16. The molecule has 1 heterocycles. The number of halogens is 1. The van der Waals surface area contributed by atoms with Crippen LogP contribution >= 0.6 is 0 Å². The van der Waals surface area contributed by atoms with Crippen molar-refractivity contribution in [1.29, 1.82) is 0 Å². The lowest BCUT2D eigenvalue weighted by molar-refractivity contribution is -0.119. The molecule has 0 spiro atoms. The van der Waals surface area contributed by atoms with E-state index in [1.807, 2.05) is 0 Å². The fraction of sp³-hybridized carbons (Fsp3) is 0.105. The average molecular weight is 352 g/mol. The second kappa shape index (κ2) is 7.60. The third-order valence-electron chi connectivity index (χ3n) is 3.80. The van der Waals surface area contributed by atoms with Crippen LogP contribution in [0.4, 0.5) is 15.8 Å². The van der Waals surface area contributed by atoms with E-state index < -0.39 is 11.9 Å². The highest BCUT2D eigenvalue weighted by Gasteiger charge is 2.15. The molecule has 0 bridgehead atoms. The molecule has 0 unspecified atom stereocenters. The van der Waals surface area contributed by atoms with Crippen molar-refractivity contribution >= 4 is 23.2 Å². The molecule has 3 aromatic rings. The number of amides is 2. The lowest BCUT2D eigenvalue weighted by Gasteiger charge is -2.13. The molecule has 0 fully saturated rings. The Morgan fingerprint density at radius 3 is 2.38 bits per heavy atom. The smallest absolute Gasteiger partial charge is 0.255 e. The van der Waals surface area contributed by atoms with E-state index >= 15 is 0 Å². The summed E-state index contributed by atoms with van der Waals surface area (Å²) in [5.41, 5.74) is 1.41. The first-order valence-electron chi connectivity index (χ1n) is 8.00. The molecule has 132 valence electrons. The van der Waals surface area contributed by atoms with Gasteiger partial charge in [0.1, 0.15) is 11.9 Å². The summed E-state index contributed by atoms with van der Waals surface area (Å²) >= 11 is 0. The van der Waals surface area contributed by atoms with Gasteiger partial charge in [0.15, 0.2) is 0 Å². The Kier molecular flexibility index (Phi) is 5.07. The number of benzene rings is 2. The molecule has 0 saturated carbocycles. The SMILES string of the molecule is C[C@@H](C(=O)Nc1cccc(NC(=O)c2ccc(F)cc2)c1)n1cccn1. The van der Waals surface area contributed by atoms with Gasteiger partial charge in [-0.3, -0.25) is 14.3 Å². The van der Waals surface area contributed by atoms with Crippen molar-refractivity contribution in [1.82, 2.24) is 9.78 Å². The van der Waals surface area contributed by atoms with Gasteiger partial charge in [0.2, 0.25) is 5.91 Å². The standard InChI is InChI=1S/C19H17FN4O2/c1-13(24-11-3-10-21-24)18(25)22-16-4-2-5-17(12-16)23-19(26)14-6-8-15(20)9-7-14/h2-13H,1H3,(H,22,25)(H,23,26)/t13-/m0/s1. The zero-order valence-corrected chi connectivity index (χ0v) is 14.0. The Bertz CT molecular complexity index is 908. The molecule has 6 nitrogen and oxygen atoms in total. The molecule has 1 aromatic heterocycles. The number of carbonyl (C=O) groups is 2. The lowest BCUT2D eigenvalue weighted by atomic mass is 10.2. The number of carbonyl (C=O) groups excluding carboxylic acids is 2. The summed E-state index contributed by atoms with van der Waals surface area (Å²) in [6.07, 6.45) is 3.32. The highest BCUT2D eigenvalue weighted by atomic mass is 19.1. The number of aromatic nitrogens is 2. The Morgan fingerprint density at radius 1 is 1.04 bits per heavy atom. The van der Waals surface area contributed by atoms with Gasteiger partial charge in [-0.2, -0.15) is 5.10 Å². The van der Waals surface area contributed by atoms with E-state index in [0.717, 1.165) is 0 Å². The third-order valence-corrected chi connectivity index (χ3v) is 3.80. The molecule has 2 amide bonds. The molecule has 1 atom stereocenters. The summed E-state index contributed by atoms with van der Waals surface area (Å²) in [5.74, 6) is -0.994. The van der Waals surface area contributed by atoms with Crippen LogP contribution in [0.2, 0.25) is 0 Å². The van der Waals surface area contributed by atoms with Crippen molar-refractivity contribution in [3.8, 4) is 0 Å². The van der Waals surface area contributed by atoms with Gasteiger partial charge in [0, 0.05) is 29.3 Å². The molecule has 3 rings (SSSR count). The molecule has 0 aliphatic rings. The lowest BCUT2D eigenvalue weighted by Crippen LogP contribution is -2.24. The van der Waals surface area contributed by atoms with Gasteiger partial charge in [-0.25, -0.2) is 4.39 Å². The van der Waals surface area contributed by atoms with Crippen LogP contribution in [-0.2, 0) is 4.79 Å². The largest absolute Gasteiger partial charge is 0.324 e. The second-order valence-corrected chi connectivity index (χ2v) is 5.69. The first-order valence-corrected chi connectivity index (χ1v) is 8.00. The predicted molar refractivity (Wildman–Crippen MR) is 96.4 cm³/mol. The van der Waals surface area contributed by atoms with Gasteiger partial charge in [0.05, 0.1) is 0 Å². The third kappa shape index (κ3) is 4.13. The van der Waals surface area contributed by atoms with E-state index in [1.54, 1.807) is 54.3 Å². The van der Waals surface area contributed by atoms with E-state index in [0.29, 0.717) is 16.9 Å². The number of anilines is 2. The summed E-state index contributed by atoms with van der Waals surface area (Å²) in [6.45, 7) is 1.74. The molecule has 2 N–H and O–H groups in total. The number of rotatable bonds is 5. The van der Waals surface area contributed by atoms with E-state index in [4.69, 9.17) is 0 Å². The minimum absolute atomic E-state index is 0.226. The van der Waals surface area contributed by atoms with Crippen LogP contribution in [0.5, 0.6) is 0 Å². The number of hydrogen-bond acceptors (Lipinski definition) is 3. The van der Waals surface area contributed by atoms with E-state index in [-0.39, 0.29) is 11.8 Å². The van der Waals surface area contributed by atoms with Crippen molar-refractivity contribution in [2.75, 3.05) is 10.6 Å². The molecular formula is C19H17FN4O2. The molecule has 2 aromatic carbocycles. The maximum absolute atomic E-state index is 12.9. The van der Waals surface area contributed by atoms with Crippen LogP contribution in [0.15, 0.2) is 67.0 Å². The van der Waals surface area contributed by atoms with Gasteiger partial charge in [-0.1, -0.05) is 6.07 Å². The summed E-state index contributed by atoms with van der Waals surface area (Å²) in [4.78, 5) is 24.5. The quantitative estimate of drug-likeness (QED) is 0.738. The van der Waals surface area contributed by atoms with E-state index in [9.17, 15) is 14.0 Å². The van der Waals surface area contributed by atoms with Crippen molar-refractivity contribution in [2.24, 2.45) is 0 Å². The van der Waals surface area contributed by atoms with Crippen LogP contribution < -0.4 is 10.6 Å². The van der Waals surface area contributed by atoms with Crippen LogP contribution in [-0.4, -0.2) is 21.6 Å². The van der Waals surface area contributed by atoms with E-state index in [1.165, 1.54) is 24.3 Å². The first kappa shape index (κ1) is 17.3. The summed E-state index contributed by atoms with van der Waals surface area (Å²) in [6, 6.07) is 13.3. The molecule has 0 aliphatic heterocycles. The summed E-state index contributed by atoms with van der Waals surface area (Å²) < 4.78 is 14.5. The van der Waals surface area contributed by atoms with Gasteiger partial charge in [-0.05, 0) is 55.5 Å². The van der Waals surface area contributed by atoms with Gasteiger partial charge in [-0.15, -0.1) is 0 Å². The zero-order valence-electron chi connectivity index (χ0n) is 14.0. The molecule has 7 heteroatoms. The monoisotopic (exact) mass is 352 g/mol. The van der Waals surface area contributed by atoms with Crippen molar-refractivity contribution in [2.45, 2.75) is 13.0 Å². The highest BCUT2D eigenvalue weighted by Crippen LogP contribution is 2.18. The van der Waals surface area contributed by atoms with Crippen molar-refractivity contribution < 1.29 is 14.0 Å². The Labute approximate surface area is 149 Å². The van der Waals surface area contributed by atoms with Crippen LogP contribution in [0.25, 0.3) is 0 Å². The number of hydrogen-bond donors (Lipinski definition) is 2. The van der Waals surface area contributed by atoms with Crippen molar-refractivity contribution in [3.05, 3.63) is 78.4 Å². The number of nitrogens with zero attached hydrogens (tertiary/aromatic N) is 2. The zero-order chi connectivity index (χ0) is 18.5. The van der Waals surface area contributed by atoms with Crippen LogP contribution in [0, 0.1) is 5.82 Å². The molecule has 0 radical (unpaired) electrons. The maximum Gasteiger partial charge on any atom is 0.255 e. The van der Waals surface area contributed by atoms with E-state index in [2.05, 4.69) is 15.7 Å². The van der Waals surface area contributed by atoms with Gasteiger partial charge < -0.3 is 10.6 Å². The Hall–Kier alpha value is -3.48. The molecule has 0 saturated heterocycles. The highest BCUT2D eigenvalue weighted by molar-refractivity contribution is 6.04. The maximum atomic E-state index is 12.9. The van der Waals surface area contributed by atoms with Crippen LogP contribution in [0.1, 0.15) is 23.3 Å². The number of nitrogens with one attached hydrogen (secondary N) is 2. The summed E-state index contributed by atoms with van der Waals surface area (Å²) in [7, 11) is 0. The molecule has 0 aliphatic carbocycles. The molecular weight excluding hydrogens is 335 g/mol. The molecule has 26 heavy (non-hydrogen) atoms. The van der Waals surface area contributed by atoms with Crippen LogP contribution in [0.3, 0.4) is 0 Å². The normalized spacial score (nSPS) is 11.6. The van der Waals surface area contributed by atoms with Crippen molar-refractivity contribution in [3.63, 3.8) is 0 Å². The fourth-order valence-corrected chi connectivity index (χ4v) is 2.36. The first-order chi connectivity index (χ1) is 12.5. The Morgan fingerprint density at radius 2 is 1.73 bits per heavy atom. The van der Waals surface area contributed by atoms with Gasteiger partial charge in [0.25, 0.3) is 5.91 Å². The minimum Gasteiger partial charge on any atom is -0.324 e. The fourth-order valence-electron chi connectivity index (χ4n) is 2.36. The topological polar surface area (TPSA) is 76.0 Å². The second-order valence-electron chi connectivity index (χ2n) is 5.69. The van der Waals surface area contributed by atoms with Gasteiger partial charge >= 0.3 is 0 Å². The summed E-state index contributed by atoms with van der Waals surface area (Å²) in [5, 5.41) is 9.56. The Balaban J connectivity index is 1.67. The predicted octanol–water partition coefficient (Wildman–Crippen LogP) is 3.47. The minimum atomic E-state index is -0.470.